The topological polar surface area (TPSA) is 88.4 Å². The summed E-state index contributed by atoms with van der Waals surface area (Å²) in [4.78, 5) is 28.7. The van der Waals surface area contributed by atoms with Gasteiger partial charge in [-0.2, -0.15) is 0 Å². The van der Waals surface area contributed by atoms with Gasteiger partial charge in [0.25, 0.3) is 5.69 Å². The molecule has 1 aliphatic rings. The van der Waals surface area contributed by atoms with Crippen molar-refractivity contribution in [3.63, 3.8) is 0 Å². The zero-order chi connectivity index (χ0) is 16.2. The van der Waals surface area contributed by atoms with Crippen molar-refractivity contribution < 1.29 is 9.72 Å². The summed E-state index contributed by atoms with van der Waals surface area (Å²) < 4.78 is 0. The number of carbonyl (C=O) groups excluding carboxylic acids is 1. The molecule has 3 rings (SSSR count). The number of carbonyl (C=O) groups is 1. The quantitative estimate of drug-likeness (QED) is 0.692. The molecule has 1 saturated heterocycles. The first-order valence-corrected chi connectivity index (χ1v) is 7.38. The maximum Gasteiger partial charge on any atom is 0.287 e. The monoisotopic (exact) mass is 312 g/mol. The van der Waals surface area contributed by atoms with E-state index in [1.165, 1.54) is 12.3 Å². The third kappa shape index (κ3) is 3.28. The van der Waals surface area contributed by atoms with Gasteiger partial charge >= 0.3 is 0 Å². The molecule has 118 valence electrons. The third-order valence-corrected chi connectivity index (χ3v) is 3.83. The van der Waals surface area contributed by atoms with E-state index in [1.54, 1.807) is 6.07 Å². The van der Waals surface area contributed by atoms with Crippen LogP contribution in [0.15, 0.2) is 48.7 Å². The van der Waals surface area contributed by atoms with Gasteiger partial charge in [0, 0.05) is 18.3 Å². The number of anilines is 2. The van der Waals surface area contributed by atoms with Gasteiger partial charge in [0.2, 0.25) is 5.91 Å². The summed E-state index contributed by atoms with van der Waals surface area (Å²) >= 11 is 0. The summed E-state index contributed by atoms with van der Waals surface area (Å²) in [5, 5.41) is 13.6. The summed E-state index contributed by atoms with van der Waals surface area (Å²) in [6.07, 6.45) is 2.84. The van der Waals surface area contributed by atoms with Gasteiger partial charge in [0.05, 0.1) is 4.92 Å². The smallest absolute Gasteiger partial charge is 0.287 e. The lowest BCUT2D eigenvalue weighted by atomic mass is 10.2. The van der Waals surface area contributed by atoms with Crippen molar-refractivity contribution in [2.45, 2.75) is 18.9 Å². The Hall–Kier alpha value is -2.96. The summed E-state index contributed by atoms with van der Waals surface area (Å²) in [7, 11) is 0. The maximum absolute atomic E-state index is 12.5. The normalized spacial score (nSPS) is 17.0. The molecule has 7 heteroatoms. The van der Waals surface area contributed by atoms with Crippen LogP contribution < -0.4 is 10.2 Å². The molecule has 0 aliphatic carbocycles. The van der Waals surface area contributed by atoms with Crippen molar-refractivity contribution in [3.8, 4) is 0 Å². The van der Waals surface area contributed by atoms with Gasteiger partial charge in [-0.25, -0.2) is 4.98 Å². The fourth-order valence-corrected chi connectivity index (χ4v) is 2.72. The van der Waals surface area contributed by atoms with Gasteiger partial charge in [0.1, 0.15) is 18.1 Å². The number of pyridine rings is 1. The number of aromatic nitrogens is 1. The first kappa shape index (κ1) is 15.0. The van der Waals surface area contributed by atoms with Gasteiger partial charge in [-0.3, -0.25) is 14.9 Å². The molecule has 1 amide bonds. The molecular weight excluding hydrogens is 296 g/mol. The second kappa shape index (κ2) is 6.43. The van der Waals surface area contributed by atoms with Gasteiger partial charge in [-0.15, -0.1) is 0 Å². The molecule has 1 N–H and O–H groups in total. The average molecular weight is 312 g/mol. The highest BCUT2D eigenvalue weighted by atomic mass is 16.6. The Bertz CT molecular complexity index is 703. The van der Waals surface area contributed by atoms with Gasteiger partial charge in [-0.1, -0.05) is 18.2 Å². The molecule has 1 fully saturated rings. The van der Waals surface area contributed by atoms with Crippen LogP contribution in [0.2, 0.25) is 0 Å². The van der Waals surface area contributed by atoms with Crippen LogP contribution in [0, 0.1) is 10.1 Å². The number of nitrogens with zero attached hydrogens (tertiary/aromatic N) is 3. The number of amides is 1. The summed E-state index contributed by atoms with van der Waals surface area (Å²) in [6, 6.07) is 12.0. The molecule has 2 heterocycles. The fourth-order valence-electron chi connectivity index (χ4n) is 2.72. The fraction of sp³-hybridized carbons (Fsp3) is 0.250. The molecule has 0 radical (unpaired) electrons. The van der Waals surface area contributed by atoms with Crippen LogP contribution in [0.1, 0.15) is 12.8 Å². The van der Waals surface area contributed by atoms with Crippen LogP contribution in [0.3, 0.4) is 0 Å². The van der Waals surface area contributed by atoms with Crippen LogP contribution in [-0.4, -0.2) is 28.4 Å². The highest BCUT2D eigenvalue weighted by Crippen LogP contribution is 2.26. The molecular formula is C16H16N4O3. The lowest BCUT2D eigenvalue weighted by molar-refractivity contribution is -0.385. The van der Waals surface area contributed by atoms with E-state index in [4.69, 9.17) is 0 Å². The Labute approximate surface area is 133 Å². The van der Waals surface area contributed by atoms with Crippen LogP contribution in [0.4, 0.5) is 17.2 Å². The molecule has 1 aromatic heterocycles. The predicted molar refractivity (Wildman–Crippen MR) is 86.3 cm³/mol. The molecule has 1 atom stereocenters. The second-order valence-electron chi connectivity index (χ2n) is 5.34. The zero-order valence-corrected chi connectivity index (χ0v) is 12.4. The summed E-state index contributed by atoms with van der Waals surface area (Å²) in [5.41, 5.74) is 0.694. The number of hydrogen-bond acceptors (Lipinski definition) is 5. The molecule has 0 saturated carbocycles. The minimum Gasteiger partial charge on any atom is -0.345 e. The van der Waals surface area contributed by atoms with Crippen molar-refractivity contribution in [1.82, 2.24) is 4.98 Å². The Balaban J connectivity index is 1.74. The molecule has 1 aromatic carbocycles. The predicted octanol–water partition coefficient (Wildman–Crippen LogP) is 2.60. The molecule has 0 spiro atoms. The lowest BCUT2D eigenvalue weighted by Crippen LogP contribution is -2.40. The molecule has 1 aliphatic heterocycles. The standard InChI is InChI=1S/C16H16N4O3/c21-16(18-12-5-2-1-3-6-12)14-7-4-10-19(14)15-9-8-13(11-17-15)20(22)23/h1-3,5-6,8-9,11,14H,4,7,10H2,(H,18,21)/t14-/m0/s1. The Morgan fingerprint density at radius 1 is 1.26 bits per heavy atom. The van der Waals surface area contributed by atoms with Gasteiger partial charge < -0.3 is 10.2 Å². The Kier molecular flexibility index (Phi) is 4.18. The highest BCUT2D eigenvalue weighted by molar-refractivity contribution is 5.97. The van der Waals surface area contributed by atoms with Gasteiger partial charge in [0.15, 0.2) is 0 Å². The van der Waals surface area contributed by atoms with Crippen molar-refractivity contribution in [1.29, 1.82) is 0 Å². The van der Waals surface area contributed by atoms with E-state index < -0.39 is 4.92 Å². The van der Waals surface area contributed by atoms with E-state index in [0.29, 0.717) is 12.4 Å². The SMILES string of the molecule is O=C(Nc1ccccc1)[C@@H]1CCCN1c1ccc([N+](=O)[O-])cn1. The molecule has 0 bridgehead atoms. The second-order valence-corrected chi connectivity index (χ2v) is 5.34. The molecule has 23 heavy (non-hydrogen) atoms. The van der Waals surface area contributed by atoms with E-state index in [1.807, 2.05) is 35.2 Å². The zero-order valence-electron chi connectivity index (χ0n) is 12.4. The van der Waals surface area contributed by atoms with Crippen LogP contribution in [0.25, 0.3) is 0 Å². The average Bonchev–Trinajstić information content (AvgIpc) is 3.05. The minimum absolute atomic E-state index is 0.0572. The number of rotatable bonds is 4. The van der Waals surface area contributed by atoms with E-state index in [-0.39, 0.29) is 17.6 Å². The number of benzene rings is 1. The van der Waals surface area contributed by atoms with Crippen molar-refractivity contribution in [2.75, 3.05) is 16.8 Å². The lowest BCUT2D eigenvalue weighted by Gasteiger charge is -2.24. The Morgan fingerprint density at radius 3 is 2.70 bits per heavy atom. The number of nitrogens with one attached hydrogen (secondary N) is 1. The molecule has 2 aromatic rings. The van der Waals surface area contributed by atoms with E-state index >= 15 is 0 Å². The van der Waals surface area contributed by atoms with Gasteiger partial charge in [-0.05, 0) is 31.0 Å². The van der Waals surface area contributed by atoms with E-state index in [2.05, 4.69) is 10.3 Å². The third-order valence-electron chi connectivity index (χ3n) is 3.83. The summed E-state index contributed by atoms with van der Waals surface area (Å²) in [6.45, 7) is 0.706. The first-order chi connectivity index (χ1) is 11.1. The largest absolute Gasteiger partial charge is 0.345 e. The Morgan fingerprint density at radius 2 is 2.04 bits per heavy atom. The van der Waals surface area contributed by atoms with E-state index in [0.717, 1.165) is 18.5 Å². The minimum atomic E-state index is -0.486. The van der Waals surface area contributed by atoms with Crippen molar-refractivity contribution in [2.24, 2.45) is 0 Å². The summed E-state index contributed by atoms with van der Waals surface area (Å²) in [5.74, 6) is 0.496. The number of para-hydroxylation sites is 1. The molecule has 0 unspecified atom stereocenters. The number of nitro groups is 1. The molecule has 7 nitrogen and oxygen atoms in total. The van der Waals surface area contributed by atoms with E-state index in [9.17, 15) is 14.9 Å². The van der Waals surface area contributed by atoms with Crippen LogP contribution >= 0.6 is 0 Å². The van der Waals surface area contributed by atoms with Crippen LogP contribution in [0.5, 0.6) is 0 Å². The maximum atomic E-state index is 12.5. The van der Waals surface area contributed by atoms with Crippen LogP contribution in [-0.2, 0) is 4.79 Å². The van der Waals surface area contributed by atoms with Crippen molar-refractivity contribution in [3.05, 3.63) is 58.8 Å². The number of hydrogen-bond donors (Lipinski definition) is 1. The first-order valence-electron chi connectivity index (χ1n) is 7.38. The van der Waals surface area contributed by atoms with Crippen molar-refractivity contribution >= 4 is 23.1 Å². The highest BCUT2D eigenvalue weighted by Gasteiger charge is 2.31.